The fourth-order valence-electron chi connectivity index (χ4n) is 1.26. The molecule has 0 aliphatic rings. The number of nitrogens with two attached hydrogens (primary N) is 1. The van der Waals surface area contributed by atoms with Crippen molar-refractivity contribution in [1.29, 1.82) is 0 Å². The van der Waals surface area contributed by atoms with E-state index in [4.69, 9.17) is 10.5 Å². The Hall–Kier alpha value is -1.33. The largest absolute Gasteiger partial charge is 0.388 e. The summed E-state index contributed by atoms with van der Waals surface area (Å²) in [6.45, 7) is 2.75. The molecule has 0 saturated heterocycles. The molecule has 1 aromatic heterocycles. The van der Waals surface area contributed by atoms with Crippen LogP contribution >= 0.6 is 0 Å². The van der Waals surface area contributed by atoms with Gasteiger partial charge in [0.15, 0.2) is 0 Å². The molecule has 16 heavy (non-hydrogen) atoms. The van der Waals surface area contributed by atoms with Crippen molar-refractivity contribution in [3.05, 3.63) is 18.3 Å². The molecule has 0 saturated carbocycles. The van der Waals surface area contributed by atoms with Crippen LogP contribution in [-0.4, -0.2) is 36.0 Å². The van der Waals surface area contributed by atoms with Crippen molar-refractivity contribution in [3.8, 4) is 0 Å². The first-order chi connectivity index (χ1) is 7.53. The van der Waals surface area contributed by atoms with Crippen molar-refractivity contribution in [2.75, 3.05) is 31.3 Å². The lowest BCUT2D eigenvalue weighted by Crippen LogP contribution is -2.34. The molecule has 0 aliphatic heterocycles. The second-order valence-electron chi connectivity index (χ2n) is 4.06. The Kier molecular flexibility index (Phi) is 4.52. The lowest BCUT2D eigenvalue weighted by atomic mass is 10.0. The molecule has 0 bridgehead atoms. The Bertz CT molecular complexity index is 329. The predicted molar refractivity (Wildman–Crippen MR) is 64.3 cm³/mol. The van der Waals surface area contributed by atoms with Gasteiger partial charge < -0.3 is 20.9 Å². The van der Waals surface area contributed by atoms with Crippen LogP contribution in [0.25, 0.3) is 0 Å². The third-order valence-electron chi connectivity index (χ3n) is 2.30. The molecule has 4 N–H and O–H groups in total. The molecule has 5 nitrogen and oxygen atoms in total. The van der Waals surface area contributed by atoms with Crippen LogP contribution in [0.1, 0.15) is 13.3 Å². The first kappa shape index (κ1) is 12.7. The van der Waals surface area contributed by atoms with Gasteiger partial charge in [-0.2, -0.15) is 0 Å². The van der Waals surface area contributed by atoms with E-state index in [2.05, 4.69) is 10.3 Å². The van der Waals surface area contributed by atoms with Gasteiger partial charge in [-0.05, 0) is 13.0 Å². The Morgan fingerprint density at radius 2 is 2.38 bits per heavy atom. The second-order valence-corrected chi connectivity index (χ2v) is 4.06. The Labute approximate surface area is 95.6 Å². The number of aliphatic hydroxyl groups is 1. The monoisotopic (exact) mass is 225 g/mol. The first-order valence-electron chi connectivity index (χ1n) is 5.20. The van der Waals surface area contributed by atoms with Crippen LogP contribution in [-0.2, 0) is 4.74 Å². The van der Waals surface area contributed by atoms with Crippen molar-refractivity contribution < 1.29 is 9.84 Å². The van der Waals surface area contributed by atoms with Crippen LogP contribution in [0.3, 0.4) is 0 Å². The third-order valence-corrected chi connectivity index (χ3v) is 2.30. The molecule has 0 amide bonds. The molecule has 1 unspecified atom stereocenters. The van der Waals surface area contributed by atoms with Gasteiger partial charge in [0.25, 0.3) is 0 Å². The van der Waals surface area contributed by atoms with Crippen molar-refractivity contribution in [2.24, 2.45) is 0 Å². The van der Waals surface area contributed by atoms with Gasteiger partial charge in [0.2, 0.25) is 0 Å². The summed E-state index contributed by atoms with van der Waals surface area (Å²) in [5.41, 5.74) is 5.60. The Balaban J connectivity index is 2.44. The summed E-state index contributed by atoms with van der Waals surface area (Å²) in [6, 6.07) is 3.54. The number of rotatable bonds is 6. The maximum Gasteiger partial charge on any atom is 0.125 e. The standard InChI is InChI=1S/C11H19N3O2/c1-11(15,4-6-16-2)8-14-9-3-5-13-10(12)7-9/h3,5,7,15H,4,6,8H2,1-2H3,(H3,12,13,14). The highest BCUT2D eigenvalue weighted by Gasteiger charge is 2.19. The summed E-state index contributed by atoms with van der Waals surface area (Å²) in [5.74, 6) is 0.460. The fraction of sp³-hybridized carbons (Fsp3) is 0.545. The van der Waals surface area contributed by atoms with Gasteiger partial charge in [0.1, 0.15) is 5.82 Å². The third kappa shape index (κ3) is 4.46. The highest BCUT2D eigenvalue weighted by Crippen LogP contribution is 2.13. The molecule has 0 spiro atoms. The van der Waals surface area contributed by atoms with Crippen LogP contribution in [0.5, 0.6) is 0 Å². The molecular formula is C11H19N3O2. The number of methoxy groups -OCH3 is 1. The first-order valence-corrected chi connectivity index (χ1v) is 5.20. The zero-order chi connectivity index (χ0) is 12.0. The highest BCUT2D eigenvalue weighted by atomic mass is 16.5. The maximum atomic E-state index is 9.99. The van der Waals surface area contributed by atoms with E-state index in [1.54, 1.807) is 26.3 Å². The van der Waals surface area contributed by atoms with Crippen molar-refractivity contribution in [3.63, 3.8) is 0 Å². The number of nitrogens with zero attached hydrogens (tertiary/aromatic N) is 1. The molecular weight excluding hydrogens is 206 g/mol. The number of anilines is 2. The number of nitrogen functional groups attached to an aromatic ring is 1. The lowest BCUT2D eigenvalue weighted by molar-refractivity contribution is 0.0357. The summed E-state index contributed by atoms with van der Waals surface area (Å²) in [7, 11) is 1.62. The number of hydrogen-bond acceptors (Lipinski definition) is 5. The molecule has 5 heteroatoms. The van der Waals surface area contributed by atoms with E-state index in [1.165, 1.54) is 0 Å². The van der Waals surface area contributed by atoms with Crippen LogP contribution in [0.4, 0.5) is 11.5 Å². The zero-order valence-corrected chi connectivity index (χ0v) is 9.73. The lowest BCUT2D eigenvalue weighted by Gasteiger charge is -2.23. The molecule has 0 aliphatic carbocycles. The smallest absolute Gasteiger partial charge is 0.125 e. The van der Waals surface area contributed by atoms with E-state index in [-0.39, 0.29) is 0 Å². The average molecular weight is 225 g/mol. The quantitative estimate of drug-likeness (QED) is 0.669. The molecule has 1 heterocycles. The fourth-order valence-corrected chi connectivity index (χ4v) is 1.26. The van der Waals surface area contributed by atoms with Gasteiger partial charge in [0.05, 0.1) is 5.60 Å². The SMILES string of the molecule is COCCC(C)(O)CNc1ccnc(N)c1. The van der Waals surface area contributed by atoms with Crippen LogP contribution in [0.2, 0.25) is 0 Å². The van der Waals surface area contributed by atoms with Gasteiger partial charge in [0, 0.05) is 44.6 Å². The van der Waals surface area contributed by atoms with E-state index in [9.17, 15) is 5.11 Å². The normalized spacial score (nSPS) is 14.4. The minimum Gasteiger partial charge on any atom is -0.388 e. The van der Waals surface area contributed by atoms with Gasteiger partial charge in [-0.15, -0.1) is 0 Å². The molecule has 0 fully saturated rings. The molecule has 90 valence electrons. The van der Waals surface area contributed by atoms with Gasteiger partial charge in [-0.1, -0.05) is 0 Å². The number of hydrogen-bond donors (Lipinski definition) is 3. The summed E-state index contributed by atoms with van der Waals surface area (Å²) in [4.78, 5) is 3.89. The summed E-state index contributed by atoms with van der Waals surface area (Å²) < 4.78 is 4.93. The van der Waals surface area contributed by atoms with Gasteiger partial charge in [-0.3, -0.25) is 0 Å². The second kappa shape index (κ2) is 5.67. The molecule has 1 rings (SSSR count). The van der Waals surface area contributed by atoms with Gasteiger partial charge >= 0.3 is 0 Å². The van der Waals surface area contributed by atoms with Gasteiger partial charge in [-0.25, -0.2) is 4.98 Å². The minimum atomic E-state index is -0.798. The predicted octanol–water partition coefficient (Wildman–Crippen LogP) is 0.863. The van der Waals surface area contributed by atoms with Crippen LogP contribution in [0, 0.1) is 0 Å². The highest BCUT2D eigenvalue weighted by molar-refractivity contribution is 5.49. The van der Waals surface area contributed by atoms with Crippen LogP contribution in [0.15, 0.2) is 18.3 Å². The van der Waals surface area contributed by atoms with Crippen molar-refractivity contribution in [2.45, 2.75) is 18.9 Å². The summed E-state index contributed by atoms with van der Waals surface area (Å²) in [5, 5.41) is 13.1. The molecule has 1 atom stereocenters. The maximum absolute atomic E-state index is 9.99. The molecule has 0 radical (unpaired) electrons. The molecule has 0 aromatic carbocycles. The number of nitrogens with one attached hydrogen (secondary N) is 1. The average Bonchev–Trinajstić information content (AvgIpc) is 2.24. The zero-order valence-electron chi connectivity index (χ0n) is 9.73. The number of aromatic nitrogens is 1. The van der Waals surface area contributed by atoms with E-state index >= 15 is 0 Å². The van der Waals surface area contributed by atoms with E-state index in [0.717, 1.165) is 5.69 Å². The Morgan fingerprint density at radius 3 is 3.00 bits per heavy atom. The number of pyridine rings is 1. The van der Waals surface area contributed by atoms with E-state index in [0.29, 0.717) is 25.4 Å². The Morgan fingerprint density at radius 1 is 1.62 bits per heavy atom. The topological polar surface area (TPSA) is 80.4 Å². The minimum absolute atomic E-state index is 0.444. The number of ether oxygens (including phenoxy) is 1. The van der Waals surface area contributed by atoms with Crippen molar-refractivity contribution >= 4 is 11.5 Å². The van der Waals surface area contributed by atoms with E-state index in [1.807, 2.05) is 6.07 Å². The molecule has 1 aromatic rings. The summed E-state index contributed by atoms with van der Waals surface area (Å²) in [6.07, 6.45) is 2.21. The van der Waals surface area contributed by atoms with Crippen molar-refractivity contribution in [1.82, 2.24) is 4.98 Å². The van der Waals surface area contributed by atoms with Crippen LogP contribution < -0.4 is 11.1 Å². The summed E-state index contributed by atoms with van der Waals surface area (Å²) >= 11 is 0. The van der Waals surface area contributed by atoms with E-state index < -0.39 is 5.60 Å².